The molecule has 0 saturated heterocycles. The van der Waals surface area contributed by atoms with Gasteiger partial charge in [-0.2, -0.15) is 5.26 Å². The summed E-state index contributed by atoms with van der Waals surface area (Å²) in [5, 5.41) is 12.2. The maximum Gasteiger partial charge on any atom is 0.173 e. The van der Waals surface area contributed by atoms with Gasteiger partial charge in [0.25, 0.3) is 0 Å². The summed E-state index contributed by atoms with van der Waals surface area (Å²) in [5.74, 6) is 0.351. The van der Waals surface area contributed by atoms with Crippen molar-refractivity contribution in [3.05, 3.63) is 70.9 Å². The molecule has 2 aromatic carbocycles. The van der Waals surface area contributed by atoms with Crippen molar-refractivity contribution in [1.82, 2.24) is 4.98 Å². The number of nitrogens with zero attached hydrogens (tertiary/aromatic N) is 2. The van der Waals surface area contributed by atoms with E-state index in [0.717, 1.165) is 47.7 Å². The topological polar surface area (TPSA) is 53.8 Å². The van der Waals surface area contributed by atoms with E-state index in [2.05, 4.69) is 6.07 Å². The van der Waals surface area contributed by atoms with Crippen LogP contribution in [0.4, 0.5) is 0 Å². The second kappa shape index (κ2) is 7.31. The first-order valence-corrected chi connectivity index (χ1v) is 9.81. The standard InChI is InChI=1S/C22H18N2OS/c23-13-17-12-16-7-2-4-11-20(16)24-22(17)26-14-21(25)19-10-5-8-15-6-1-3-9-18(15)19/h1,3,5-6,8-10,12H,2,4,7,11,14H2. The molecule has 0 unspecified atom stereocenters. The van der Waals surface area contributed by atoms with Gasteiger partial charge in [-0.15, -0.1) is 0 Å². The average Bonchev–Trinajstić information content (AvgIpc) is 2.70. The van der Waals surface area contributed by atoms with Crippen molar-refractivity contribution in [2.45, 2.75) is 30.7 Å². The van der Waals surface area contributed by atoms with Crippen LogP contribution >= 0.6 is 11.8 Å². The molecule has 0 amide bonds. The van der Waals surface area contributed by atoms with E-state index < -0.39 is 0 Å². The average molecular weight is 358 g/mol. The lowest BCUT2D eigenvalue weighted by molar-refractivity contribution is 0.102. The number of fused-ring (bicyclic) bond motifs is 2. The summed E-state index contributed by atoms with van der Waals surface area (Å²) < 4.78 is 0. The summed E-state index contributed by atoms with van der Waals surface area (Å²) >= 11 is 1.37. The molecule has 0 atom stereocenters. The number of hydrogen-bond acceptors (Lipinski definition) is 4. The van der Waals surface area contributed by atoms with Crippen LogP contribution in [0.5, 0.6) is 0 Å². The molecule has 0 spiro atoms. The van der Waals surface area contributed by atoms with Crippen LogP contribution in [-0.4, -0.2) is 16.5 Å². The van der Waals surface area contributed by atoms with Crippen molar-refractivity contribution in [3.8, 4) is 6.07 Å². The first-order chi connectivity index (χ1) is 12.8. The second-order valence-electron chi connectivity index (χ2n) is 6.50. The van der Waals surface area contributed by atoms with Gasteiger partial charge in [0, 0.05) is 11.3 Å². The monoisotopic (exact) mass is 358 g/mol. The Hall–Kier alpha value is -2.64. The van der Waals surface area contributed by atoms with Crippen LogP contribution in [0.1, 0.15) is 40.0 Å². The largest absolute Gasteiger partial charge is 0.293 e. The smallest absolute Gasteiger partial charge is 0.173 e. The minimum Gasteiger partial charge on any atom is -0.293 e. The zero-order valence-electron chi connectivity index (χ0n) is 14.4. The Labute approximate surface area is 157 Å². The fourth-order valence-corrected chi connectivity index (χ4v) is 4.34. The van der Waals surface area contributed by atoms with Crippen molar-refractivity contribution in [3.63, 3.8) is 0 Å². The molecule has 3 aromatic rings. The number of hydrogen-bond donors (Lipinski definition) is 0. The van der Waals surface area contributed by atoms with Gasteiger partial charge in [0.1, 0.15) is 11.1 Å². The van der Waals surface area contributed by atoms with E-state index in [-0.39, 0.29) is 11.5 Å². The Morgan fingerprint density at radius 3 is 2.81 bits per heavy atom. The molecular formula is C22H18N2OS. The summed E-state index contributed by atoms with van der Waals surface area (Å²) in [4.78, 5) is 17.5. The van der Waals surface area contributed by atoms with Gasteiger partial charge < -0.3 is 0 Å². The lowest BCUT2D eigenvalue weighted by Gasteiger charge is -2.16. The van der Waals surface area contributed by atoms with E-state index in [0.29, 0.717) is 10.6 Å². The number of pyridine rings is 1. The normalized spacial score (nSPS) is 13.2. The van der Waals surface area contributed by atoms with Crippen LogP contribution in [0.3, 0.4) is 0 Å². The van der Waals surface area contributed by atoms with Gasteiger partial charge in [0.05, 0.1) is 11.3 Å². The second-order valence-corrected chi connectivity index (χ2v) is 7.47. The van der Waals surface area contributed by atoms with Crippen LogP contribution in [0.2, 0.25) is 0 Å². The van der Waals surface area contributed by atoms with Gasteiger partial charge in [-0.1, -0.05) is 54.2 Å². The highest BCUT2D eigenvalue weighted by atomic mass is 32.2. The number of carbonyl (C=O) groups excluding carboxylic acids is 1. The Bertz CT molecular complexity index is 1030. The minimum atomic E-state index is 0.0650. The maximum absolute atomic E-state index is 12.8. The number of thioether (sulfide) groups is 1. The highest BCUT2D eigenvalue weighted by molar-refractivity contribution is 8.00. The third-order valence-corrected chi connectivity index (χ3v) is 5.81. The molecule has 128 valence electrons. The van der Waals surface area contributed by atoms with E-state index in [1.807, 2.05) is 48.5 Å². The maximum atomic E-state index is 12.8. The van der Waals surface area contributed by atoms with E-state index in [4.69, 9.17) is 4.98 Å². The summed E-state index contributed by atoms with van der Waals surface area (Å²) in [6.45, 7) is 0. The molecule has 4 rings (SSSR count). The molecule has 1 aliphatic rings. The Kier molecular flexibility index (Phi) is 4.73. The van der Waals surface area contributed by atoms with Gasteiger partial charge in [0.2, 0.25) is 0 Å². The molecule has 0 fully saturated rings. The number of aryl methyl sites for hydroxylation is 2. The molecule has 0 radical (unpaired) electrons. The summed E-state index contributed by atoms with van der Waals surface area (Å²) in [7, 11) is 0. The van der Waals surface area contributed by atoms with Crippen LogP contribution in [0.15, 0.2) is 53.6 Å². The number of benzene rings is 2. The van der Waals surface area contributed by atoms with E-state index in [1.54, 1.807) is 0 Å². The van der Waals surface area contributed by atoms with Crippen LogP contribution in [0.25, 0.3) is 10.8 Å². The predicted octanol–water partition coefficient (Wildman–Crippen LogP) is 4.96. The number of nitriles is 1. The first-order valence-electron chi connectivity index (χ1n) is 8.83. The molecule has 0 bridgehead atoms. The van der Waals surface area contributed by atoms with Gasteiger partial charge in [-0.05, 0) is 48.1 Å². The van der Waals surface area contributed by atoms with Crippen LogP contribution < -0.4 is 0 Å². The predicted molar refractivity (Wildman–Crippen MR) is 105 cm³/mol. The Balaban J connectivity index is 1.59. The lowest BCUT2D eigenvalue weighted by atomic mass is 9.95. The number of rotatable bonds is 4. The van der Waals surface area contributed by atoms with E-state index in [9.17, 15) is 10.1 Å². The molecule has 0 aliphatic heterocycles. The molecule has 0 N–H and O–H groups in total. The fraction of sp³-hybridized carbons (Fsp3) is 0.227. The van der Waals surface area contributed by atoms with Crippen molar-refractivity contribution in [2.75, 3.05) is 5.75 Å². The quantitative estimate of drug-likeness (QED) is 0.488. The van der Waals surface area contributed by atoms with Crippen molar-refractivity contribution < 1.29 is 4.79 Å². The highest BCUT2D eigenvalue weighted by Gasteiger charge is 2.17. The summed E-state index contributed by atoms with van der Waals surface area (Å²) in [6.07, 6.45) is 4.26. The molecule has 26 heavy (non-hydrogen) atoms. The minimum absolute atomic E-state index is 0.0650. The summed E-state index contributed by atoms with van der Waals surface area (Å²) in [6, 6.07) is 17.9. The Morgan fingerprint density at radius 1 is 1.12 bits per heavy atom. The number of Topliss-reactive ketones (excluding diaryl/α,β-unsaturated/α-hetero) is 1. The zero-order chi connectivity index (χ0) is 17.9. The SMILES string of the molecule is N#Cc1cc2c(nc1SCC(=O)c1cccc3ccccc13)CCCC2. The molecule has 3 nitrogen and oxygen atoms in total. The molecule has 4 heteroatoms. The van der Waals surface area contributed by atoms with E-state index in [1.165, 1.54) is 17.3 Å². The van der Waals surface area contributed by atoms with E-state index >= 15 is 0 Å². The number of ketones is 1. The first kappa shape index (κ1) is 16.8. The van der Waals surface area contributed by atoms with Crippen molar-refractivity contribution in [1.29, 1.82) is 5.26 Å². The van der Waals surface area contributed by atoms with Gasteiger partial charge >= 0.3 is 0 Å². The van der Waals surface area contributed by atoms with Gasteiger partial charge in [-0.25, -0.2) is 4.98 Å². The lowest BCUT2D eigenvalue weighted by Crippen LogP contribution is -2.08. The van der Waals surface area contributed by atoms with Gasteiger partial charge in [-0.3, -0.25) is 4.79 Å². The molecular weight excluding hydrogens is 340 g/mol. The van der Waals surface area contributed by atoms with Gasteiger partial charge in [0.15, 0.2) is 5.78 Å². The van der Waals surface area contributed by atoms with Crippen LogP contribution in [-0.2, 0) is 12.8 Å². The fourth-order valence-electron chi connectivity index (χ4n) is 3.49. The number of carbonyl (C=O) groups is 1. The highest BCUT2D eigenvalue weighted by Crippen LogP contribution is 2.28. The third-order valence-electron chi connectivity index (χ3n) is 4.82. The Morgan fingerprint density at radius 2 is 1.92 bits per heavy atom. The van der Waals surface area contributed by atoms with Crippen LogP contribution in [0, 0.1) is 11.3 Å². The molecule has 0 saturated carbocycles. The third kappa shape index (κ3) is 3.23. The number of aromatic nitrogens is 1. The molecule has 1 heterocycles. The molecule has 1 aromatic heterocycles. The van der Waals surface area contributed by atoms with Crippen molar-refractivity contribution in [2.24, 2.45) is 0 Å². The zero-order valence-corrected chi connectivity index (χ0v) is 15.2. The molecule has 1 aliphatic carbocycles. The summed E-state index contributed by atoms with van der Waals surface area (Å²) in [5.41, 5.74) is 3.60. The van der Waals surface area contributed by atoms with Crippen molar-refractivity contribution >= 4 is 28.3 Å².